The Balaban J connectivity index is 1.63. The second-order valence-electron chi connectivity index (χ2n) is 5.45. The van der Waals surface area contributed by atoms with Crippen LogP contribution in [0.4, 0.5) is 0 Å². The maximum atomic E-state index is 12.1. The van der Waals surface area contributed by atoms with E-state index in [9.17, 15) is 13.2 Å². The summed E-state index contributed by atoms with van der Waals surface area (Å²) >= 11 is 0. The molecule has 1 aromatic carbocycles. The summed E-state index contributed by atoms with van der Waals surface area (Å²) < 4.78 is 41.3. The van der Waals surface area contributed by atoms with Crippen molar-refractivity contribution in [2.75, 3.05) is 52.3 Å². The van der Waals surface area contributed by atoms with Crippen molar-refractivity contribution in [2.24, 2.45) is 0 Å². The van der Waals surface area contributed by atoms with E-state index in [0.29, 0.717) is 45.2 Å². The summed E-state index contributed by atoms with van der Waals surface area (Å²) in [5.74, 6) is 0.903. The summed E-state index contributed by atoms with van der Waals surface area (Å²) in [7, 11) is -1.82. The van der Waals surface area contributed by atoms with Crippen LogP contribution < -0.4 is 14.8 Å². The van der Waals surface area contributed by atoms with Crippen molar-refractivity contribution < 1.29 is 27.4 Å². The number of hydrogen-bond acceptors (Lipinski definition) is 6. The fourth-order valence-electron chi connectivity index (χ4n) is 2.30. The topological polar surface area (TPSA) is 94.2 Å². The van der Waals surface area contributed by atoms with Gasteiger partial charge >= 0.3 is 0 Å². The van der Waals surface area contributed by atoms with Crippen LogP contribution in [0.5, 0.6) is 11.5 Å². The zero-order chi connectivity index (χ0) is 18.1. The quantitative estimate of drug-likeness (QED) is 0.624. The number of hydrogen-bond donors (Lipinski definition) is 1. The Morgan fingerprint density at radius 2 is 1.84 bits per heavy atom. The molecule has 1 saturated heterocycles. The van der Waals surface area contributed by atoms with E-state index >= 15 is 0 Å². The average Bonchev–Trinajstić information content (AvgIpc) is 2.65. The van der Waals surface area contributed by atoms with Crippen LogP contribution in [0.1, 0.15) is 6.42 Å². The lowest BCUT2D eigenvalue weighted by atomic mass is 10.3. The predicted molar refractivity (Wildman–Crippen MR) is 92.3 cm³/mol. The SMILES string of the molecule is COc1ccc(OCCNC(=O)CCS(=O)(=O)N2CCOCC2)cc1. The molecular weight excluding hydrogens is 348 g/mol. The maximum absolute atomic E-state index is 12.1. The smallest absolute Gasteiger partial charge is 0.221 e. The van der Waals surface area contributed by atoms with Crippen molar-refractivity contribution in [1.82, 2.24) is 9.62 Å². The van der Waals surface area contributed by atoms with Gasteiger partial charge in [-0.15, -0.1) is 0 Å². The lowest BCUT2D eigenvalue weighted by molar-refractivity contribution is -0.120. The molecule has 25 heavy (non-hydrogen) atoms. The Kier molecular flexibility index (Phi) is 7.48. The zero-order valence-electron chi connectivity index (χ0n) is 14.3. The van der Waals surface area contributed by atoms with E-state index < -0.39 is 10.0 Å². The Bertz CT molecular complexity index is 641. The van der Waals surface area contributed by atoms with E-state index in [1.807, 2.05) is 0 Å². The van der Waals surface area contributed by atoms with Gasteiger partial charge in [0.2, 0.25) is 15.9 Å². The van der Waals surface area contributed by atoms with Gasteiger partial charge in [0, 0.05) is 19.5 Å². The molecular formula is C16H24N2O6S. The Morgan fingerprint density at radius 1 is 1.20 bits per heavy atom. The highest BCUT2D eigenvalue weighted by atomic mass is 32.2. The summed E-state index contributed by atoms with van der Waals surface area (Å²) in [6, 6.07) is 7.11. The number of ether oxygens (including phenoxy) is 3. The summed E-state index contributed by atoms with van der Waals surface area (Å²) in [6.07, 6.45) is -0.0672. The summed E-state index contributed by atoms with van der Waals surface area (Å²) in [4.78, 5) is 11.8. The van der Waals surface area contributed by atoms with Gasteiger partial charge in [-0.1, -0.05) is 0 Å². The van der Waals surface area contributed by atoms with E-state index in [1.165, 1.54) is 4.31 Å². The second-order valence-corrected chi connectivity index (χ2v) is 7.54. The van der Waals surface area contributed by atoms with E-state index in [1.54, 1.807) is 31.4 Å². The largest absolute Gasteiger partial charge is 0.497 e. The molecule has 0 saturated carbocycles. The fourth-order valence-corrected chi connectivity index (χ4v) is 3.70. The van der Waals surface area contributed by atoms with Gasteiger partial charge in [-0.05, 0) is 24.3 Å². The van der Waals surface area contributed by atoms with Gasteiger partial charge in [0.25, 0.3) is 0 Å². The van der Waals surface area contributed by atoms with Crippen LogP contribution >= 0.6 is 0 Å². The van der Waals surface area contributed by atoms with Gasteiger partial charge in [0.05, 0.1) is 32.6 Å². The first-order valence-corrected chi connectivity index (χ1v) is 9.71. The van der Waals surface area contributed by atoms with Crippen LogP contribution in [0.15, 0.2) is 24.3 Å². The monoisotopic (exact) mass is 372 g/mol. The van der Waals surface area contributed by atoms with Crippen molar-refractivity contribution >= 4 is 15.9 Å². The molecule has 0 aliphatic carbocycles. The first-order valence-electron chi connectivity index (χ1n) is 8.10. The molecule has 2 rings (SSSR count). The molecule has 140 valence electrons. The maximum Gasteiger partial charge on any atom is 0.221 e. The third-order valence-electron chi connectivity index (χ3n) is 3.70. The van der Waals surface area contributed by atoms with Gasteiger partial charge in [0.1, 0.15) is 18.1 Å². The van der Waals surface area contributed by atoms with E-state index in [0.717, 1.165) is 5.75 Å². The minimum atomic E-state index is -3.41. The number of morpholine rings is 1. The lowest BCUT2D eigenvalue weighted by Crippen LogP contribution is -2.42. The highest BCUT2D eigenvalue weighted by molar-refractivity contribution is 7.89. The number of benzene rings is 1. The molecule has 0 atom stereocenters. The minimum Gasteiger partial charge on any atom is -0.497 e. The first-order chi connectivity index (χ1) is 12.0. The standard InChI is InChI=1S/C16H24N2O6S/c1-22-14-2-4-15(5-3-14)24-10-7-17-16(19)6-13-25(20,21)18-8-11-23-12-9-18/h2-5H,6-13H2,1H3,(H,17,19). The number of nitrogens with zero attached hydrogens (tertiary/aromatic N) is 1. The molecule has 0 unspecified atom stereocenters. The summed E-state index contributed by atoms with van der Waals surface area (Å²) in [5, 5.41) is 2.65. The normalized spacial score (nSPS) is 15.6. The molecule has 9 heteroatoms. The predicted octanol–water partition coefficient (Wildman–Crippen LogP) is 0.242. The van der Waals surface area contributed by atoms with Crippen LogP contribution in [-0.2, 0) is 19.6 Å². The summed E-state index contributed by atoms with van der Waals surface area (Å²) in [6.45, 7) is 2.10. The fraction of sp³-hybridized carbons (Fsp3) is 0.562. The van der Waals surface area contributed by atoms with Crippen molar-refractivity contribution in [2.45, 2.75) is 6.42 Å². The summed E-state index contributed by atoms with van der Waals surface area (Å²) in [5.41, 5.74) is 0. The number of rotatable bonds is 9. The molecule has 1 aliphatic heterocycles. The second kappa shape index (κ2) is 9.59. The van der Waals surface area contributed by atoms with Crippen molar-refractivity contribution in [3.05, 3.63) is 24.3 Å². The van der Waals surface area contributed by atoms with Crippen molar-refractivity contribution in [3.63, 3.8) is 0 Å². The van der Waals surface area contributed by atoms with Gasteiger partial charge in [-0.2, -0.15) is 4.31 Å². The molecule has 1 fully saturated rings. The molecule has 1 aliphatic rings. The van der Waals surface area contributed by atoms with Crippen LogP contribution in [0, 0.1) is 0 Å². The van der Waals surface area contributed by atoms with E-state index in [2.05, 4.69) is 5.32 Å². The first kappa shape index (κ1) is 19.5. The highest BCUT2D eigenvalue weighted by Gasteiger charge is 2.24. The zero-order valence-corrected chi connectivity index (χ0v) is 15.1. The number of carbonyl (C=O) groups excluding carboxylic acids is 1. The van der Waals surface area contributed by atoms with Crippen LogP contribution in [0.25, 0.3) is 0 Å². The molecule has 1 heterocycles. The Hall–Kier alpha value is -1.84. The average molecular weight is 372 g/mol. The molecule has 0 spiro atoms. The molecule has 1 N–H and O–H groups in total. The van der Waals surface area contributed by atoms with Gasteiger partial charge in [-0.3, -0.25) is 4.79 Å². The number of sulfonamides is 1. The molecule has 0 aromatic heterocycles. The third-order valence-corrected chi connectivity index (χ3v) is 5.57. The minimum absolute atomic E-state index is 0.0672. The van der Waals surface area contributed by atoms with Gasteiger partial charge in [0.15, 0.2) is 0 Å². The number of carbonyl (C=O) groups is 1. The molecule has 0 radical (unpaired) electrons. The molecule has 1 aromatic rings. The van der Waals surface area contributed by atoms with E-state index in [4.69, 9.17) is 14.2 Å². The Labute approximate surface area is 148 Å². The molecule has 1 amide bonds. The third kappa shape index (κ3) is 6.52. The number of nitrogens with one attached hydrogen (secondary N) is 1. The van der Waals surface area contributed by atoms with Crippen molar-refractivity contribution in [1.29, 1.82) is 0 Å². The number of methoxy groups -OCH3 is 1. The number of amides is 1. The highest BCUT2D eigenvalue weighted by Crippen LogP contribution is 2.16. The molecule has 8 nitrogen and oxygen atoms in total. The van der Waals surface area contributed by atoms with Gasteiger partial charge < -0.3 is 19.5 Å². The van der Waals surface area contributed by atoms with Gasteiger partial charge in [-0.25, -0.2) is 8.42 Å². The Morgan fingerprint density at radius 3 is 2.48 bits per heavy atom. The van der Waals surface area contributed by atoms with Crippen LogP contribution in [0.3, 0.4) is 0 Å². The van der Waals surface area contributed by atoms with Crippen molar-refractivity contribution in [3.8, 4) is 11.5 Å². The van der Waals surface area contributed by atoms with E-state index in [-0.39, 0.29) is 18.1 Å². The molecule has 0 bridgehead atoms. The lowest BCUT2D eigenvalue weighted by Gasteiger charge is -2.25. The van der Waals surface area contributed by atoms with Crippen LogP contribution in [0.2, 0.25) is 0 Å². The van der Waals surface area contributed by atoms with Crippen LogP contribution in [-0.4, -0.2) is 70.9 Å².